The first-order valence-corrected chi connectivity index (χ1v) is 14.7. The summed E-state index contributed by atoms with van der Waals surface area (Å²) in [5, 5.41) is 10.8. The van der Waals surface area contributed by atoms with E-state index in [9.17, 15) is 0 Å². The van der Waals surface area contributed by atoms with Crippen LogP contribution in [0.2, 0.25) is 0 Å². The predicted molar refractivity (Wildman–Crippen MR) is 163 cm³/mol. The van der Waals surface area contributed by atoms with E-state index in [0.717, 1.165) is 12.8 Å². The summed E-state index contributed by atoms with van der Waals surface area (Å²) < 4.78 is 0. The van der Waals surface area contributed by atoms with E-state index in [4.69, 9.17) is 0 Å². The maximum atomic E-state index is 3.70. The van der Waals surface area contributed by atoms with Gasteiger partial charge in [0.2, 0.25) is 0 Å². The van der Waals surface area contributed by atoms with Crippen molar-refractivity contribution in [2.45, 2.75) is 84.5 Å². The topological polar surface area (TPSA) is 31.6 Å². The fourth-order valence-electron chi connectivity index (χ4n) is 6.31. The van der Waals surface area contributed by atoms with E-state index >= 15 is 0 Å². The normalized spacial score (nSPS) is 12.2. The van der Waals surface area contributed by atoms with Crippen LogP contribution in [-0.2, 0) is 12.8 Å². The lowest BCUT2D eigenvalue weighted by atomic mass is 9.94. The average molecular weight is 489 g/mol. The summed E-state index contributed by atoms with van der Waals surface area (Å²) in [4.78, 5) is 7.37. The molecule has 2 nitrogen and oxygen atoms in total. The van der Waals surface area contributed by atoms with Gasteiger partial charge in [-0.2, -0.15) is 0 Å². The summed E-state index contributed by atoms with van der Waals surface area (Å²) in [7, 11) is 0. The molecule has 2 N–H and O–H groups in total. The minimum absolute atomic E-state index is 1.13. The Bertz CT molecular complexity index is 1680. The summed E-state index contributed by atoms with van der Waals surface area (Å²) in [5.74, 6) is 0. The lowest BCUT2D eigenvalue weighted by molar-refractivity contribution is 0.605. The highest BCUT2D eigenvalue weighted by Crippen LogP contribution is 2.37. The van der Waals surface area contributed by atoms with Crippen molar-refractivity contribution in [1.82, 2.24) is 9.97 Å². The number of aromatic amines is 2. The van der Waals surface area contributed by atoms with Gasteiger partial charge in [0.25, 0.3) is 0 Å². The van der Waals surface area contributed by atoms with E-state index < -0.39 is 0 Å². The van der Waals surface area contributed by atoms with E-state index in [0.29, 0.717) is 0 Å². The van der Waals surface area contributed by atoms with Crippen molar-refractivity contribution in [3.05, 3.63) is 72.1 Å². The SMILES string of the molecule is CCCCCCCCc1cc2c(ccc3c2ccc2c4ccc5[nH]c(CCCCC)cc5c4ccc32)[nH]1. The summed E-state index contributed by atoms with van der Waals surface area (Å²) in [6, 6.07) is 23.4. The van der Waals surface area contributed by atoms with Gasteiger partial charge in [-0.05, 0) is 82.3 Å². The van der Waals surface area contributed by atoms with Crippen LogP contribution in [0.1, 0.15) is 83.0 Å². The molecule has 0 atom stereocenters. The van der Waals surface area contributed by atoms with Crippen LogP contribution in [0.25, 0.3) is 54.1 Å². The number of aromatic nitrogens is 2. The van der Waals surface area contributed by atoms with Crippen LogP contribution < -0.4 is 0 Å². The second-order valence-corrected chi connectivity index (χ2v) is 11.0. The highest BCUT2D eigenvalue weighted by molar-refractivity contribution is 6.24. The van der Waals surface area contributed by atoms with Crippen LogP contribution in [0.3, 0.4) is 0 Å². The quantitative estimate of drug-likeness (QED) is 0.134. The number of nitrogens with one attached hydrogen (secondary N) is 2. The van der Waals surface area contributed by atoms with Gasteiger partial charge in [0, 0.05) is 33.2 Å². The molecule has 2 aromatic heterocycles. The second-order valence-electron chi connectivity index (χ2n) is 11.0. The van der Waals surface area contributed by atoms with Gasteiger partial charge >= 0.3 is 0 Å². The first-order chi connectivity index (χ1) is 18.3. The van der Waals surface area contributed by atoms with Crippen molar-refractivity contribution in [3.63, 3.8) is 0 Å². The minimum Gasteiger partial charge on any atom is -0.358 e. The van der Waals surface area contributed by atoms with Gasteiger partial charge in [-0.25, -0.2) is 0 Å². The summed E-state index contributed by atoms with van der Waals surface area (Å²) in [5.41, 5.74) is 5.26. The Morgan fingerprint density at radius 3 is 1.24 bits per heavy atom. The smallest absolute Gasteiger partial charge is 0.0462 e. The second kappa shape index (κ2) is 10.6. The fraction of sp³-hybridized carbons (Fsp3) is 0.371. The van der Waals surface area contributed by atoms with E-state index in [-0.39, 0.29) is 0 Å². The number of aryl methyl sites for hydroxylation is 2. The summed E-state index contributed by atoms with van der Waals surface area (Å²) >= 11 is 0. The van der Waals surface area contributed by atoms with E-state index in [1.54, 1.807) is 0 Å². The van der Waals surface area contributed by atoms with Gasteiger partial charge in [-0.3, -0.25) is 0 Å². The number of hydrogen-bond acceptors (Lipinski definition) is 0. The molecule has 0 spiro atoms. The van der Waals surface area contributed by atoms with Crippen LogP contribution in [0.15, 0.2) is 60.7 Å². The molecule has 0 unspecified atom stereocenters. The Hall–Kier alpha value is -3.26. The van der Waals surface area contributed by atoms with Crippen LogP contribution in [0, 0.1) is 0 Å². The van der Waals surface area contributed by atoms with Crippen molar-refractivity contribution >= 4 is 54.1 Å². The molecule has 0 saturated heterocycles. The molecular formula is C35H40N2. The fourth-order valence-corrected chi connectivity index (χ4v) is 6.31. The zero-order valence-corrected chi connectivity index (χ0v) is 22.6. The molecule has 0 fully saturated rings. The number of unbranched alkanes of at least 4 members (excludes halogenated alkanes) is 7. The Kier molecular flexibility index (Phi) is 6.91. The van der Waals surface area contributed by atoms with E-state index in [2.05, 4.69) is 84.5 Å². The third-order valence-electron chi connectivity index (χ3n) is 8.36. The Morgan fingerprint density at radius 1 is 0.405 bits per heavy atom. The standard InChI is InChI=1S/C35H40N2/c1-3-5-7-8-9-11-13-25-23-33-31-17-15-26-27(29(31)19-21-35(33)37-25)14-16-30-28(26)18-20-34-32(30)22-24(36-34)12-10-6-4-2/h14-23,36-37H,3-13H2,1-2H3. The highest BCUT2D eigenvalue weighted by atomic mass is 14.7. The van der Waals surface area contributed by atoms with E-state index in [1.807, 2.05) is 0 Å². The molecule has 0 bridgehead atoms. The third-order valence-corrected chi connectivity index (χ3v) is 8.36. The molecule has 0 aliphatic rings. The molecule has 0 radical (unpaired) electrons. The first kappa shape index (κ1) is 24.1. The molecule has 2 heteroatoms. The number of benzene rings is 4. The number of H-pyrrole nitrogens is 2. The van der Waals surface area contributed by atoms with Gasteiger partial charge in [0.1, 0.15) is 0 Å². The minimum atomic E-state index is 1.13. The first-order valence-electron chi connectivity index (χ1n) is 14.7. The average Bonchev–Trinajstić information content (AvgIpc) is 3.54. The van der Waals surface area contributed by atoms with Crippen LogP contribution >= 0.6 is 0 Å². The van der Waals surface area contributed by atoms with E-state index in [1.165, 1.54) is 123 Å². The molecule has 0 saturated carbocycles. The van der Waals surface area contributed by atoms with Gasteiger partial charge in [-0.15, -0.1) is 0 Å². The van der Waals surface area contributed by atoms with Crippen molar-refractivity contribution in [1.29, 1.82) is 0 Å². The maximum Gasteiger partial charge on any atom is 0.0462 e. The largest absolute Gasteiger partial charge is 0.358 e. The lowest BCUT2D eigenvalue weighted by Gasteiger charge is -2.09. The van der Waals surface area contributed by atoms with Gasteiger partial charge in [0.05, 0.1) is 0 Å². The molecule has 0 aliphatic heterocycles. The van der Waals surface area contributed by atoms with Crippen LogP contribution in [-0.4, -0.2) is 9.97 Å². The molecule has 190 valence electrons. The Morgan fingerprint density at radius 2 is 0.757 bits per heavy atom. The molecule has 6 aromatic rings. The molecule has 37 heavy (non-hydrogen) atoms. The number of rotatable bonds is 11. The van der Waals surface area contributed by atoms with Crippen LogP contribution in [0.4, 0.5) is 0 Å². The zero-order valence-electron chi connectivity index (χ0n) is 22.6. The van der Waals surface area contributed by atoms with Crippen molar-refractivity contribution < 1.29 is 0 Å². The molecule has 4 aromatic carbocycles. The molecular weight excluding hydrogens is 448 g/mol. The van der Waals surface area contributed by atoms with Crippen LogP contribution in [0.5, 0.6) is 0 Å². The van der Waals surface area contributed by atoms with Crippen molar-refractivity contribution in [2.75, 3.05) is 0 Å². The van der Waals surface area contributed by atoms with Crippen molar-refractivity contribution in [3.8, 4) is 0 Å². The third kappa shape index (κ3) is 4.63. The summed E-state index contributed by atoms with van der Waals surface area (Å²) in [6.07, 6.45) is 14.1. The zero-order chi connectivity index (χ0) is 25.2. The maximum absolute atomic E-state index is 3.70. The van der Waals surface area contributed by atoms with Gasteiger partial charge < -0.3 is 9.97 Å². The lowest BCUT2D eigenvalue weighted by Crippen LogP contribution is -1.85. The Labute approximate surface area is 220 Å². The monoisotopic (exact) mass is 488 g/mol. The molecule has 2 heterocycles. The van der Waals surface area contributed by atoms with Gasteiger partial charge in [0.15, 0.2) is 0 Å². The number of fused-ring (bicyclic) bond motifs is 9. The van der Waals surface area contributed by atoms with Crippen molar-refractivity contribution in [2.24, 2.45) is 0 Å². The summed E-state index contributed by atoms with van der Waals surface area (Å²) in [6.45, 7) is 4.55. The Balaban J connectivity index is 1.35. The molecule has 0 aliphatic carbocycles. The predicted octanol–water partition coefficient (Wildman–Crippen LogP) is 10.7. The van der Waals surface area contributed by atoms with Gasteiger partial charge in [-0.1, -0.05) is 95.2 Å². The number of hydrogen-bond donors (Lipinski definition) is 2. The highest BCUT2D eigenvalue weighted by Gasteiger charge is 2.12. The molecule has 0 amide bonds. The molecule has 6 rings (SSSR count).